The smallest absolute Gasteiger partial charge is 0.329 e. The van der Waals surface area contributed by atoms with Gasteiger partial charge in [0, 0.05) is 13.0 Å². The number of carbonyl (C=O) groups is 1. The van der Waals surface area contributed by atoms with Crippen molar-refractivity contribution >= 4 is 23.3 Å². The van der Waals surface area contributed by atoms with Crippen LogP contribution in [-0.4, -0.2) is 29.8 Å². The fourth-order valence-electron chi connectivity index (χ4n) is 1.24. The highest BCUT2D eigenvalue weighted by molar-refractivity contribution is 7.80. The molecule has 5 heteroatoms. The van der Waals surface area contributed by atoms with E-state index in [4.69, 9.17) is 17.0 Å². The van der Waals surface area contributed by atoms with Gasteiger partial charge < -0.3 is 15.4 Å². The first-order valence-electron chi connectivity index (χ1n) is 4.38. The molecule has 0 aromatic rings. The van der Waals surface area contributed by atoms with E-state index in [1.807, 2.05) is 13.8 Å². The highest BCUT2D eigenvalue weighted by atomic mass is 32.1. The number of rotatable bonds is 2. The number of thiocarbonyl (C=S) groups is 1. The molecule has 0 unspecified atom stereocenters. The van der Waals surface area contributed by atoms with Crippen LogP contribution in [0.1, 0.15) is 20.3 Å². The molecule has 0 aliphatic carbocycles. The summed E-state index contributed by atoms with van der Waals surface area (Å²) in [5, 5.41) is 6.34. The van der Waals surface area contributed by atoms with E-state index >= 15 is 0 Å². The molecule has 0 aromatic carbocycles. The van der Waals surface area contributed by atoms with Crippen molar-refractivity contribution in [2.45, 2.75) is 32.4 Å². The van der Waals surface area contributed by atoms with Crippen molar-refractivity contribution < 1.29 is 9.53 Å². The predicted molar refractivity (Wildman–Crippen MR) is 53.4 cm³/mol. The van der Waals surface area contributed by atoms with Gasteiger partial charge in [-0.1, -0.05) is 0 Å². The number of hydrogen-bond acceptors (Lipinski definition) is 3. The van der Waals surface area contributed by atoms with Crippen molar-refractivity contribution in [1.29, 1.82) is 0 Å². The van der Waals surface area contributed by atoms with Gasteiger partial charge in [-0.3, -0.25) is 0 Å². The average Bonchev–Trinajstić information content (AvgIpc) is 2.30. The fraction of sp³-hybridized carbons (Fsp3) is 0.750. The lowest BCUT2D eigenvalue weighted by molar-refractivity contribution is -0.142. The van der Waals surface area contributed by atoms with E-state index < -0.39 is 0 Å². The minimum Gasteiger partial charge on any atom is -0.461 e. The third-order valence-electron chi connectivity index (χ3n) is 1.81. The first kappa shape index (κ1) is 10.2. The molecule has 1 aliphatic heterocycles. The zero-order valence-electron chi connectivity index (χ0n) is 7.79. The van der Waals surface area contributed by atoms with Crippen LogP contribution in [0.25, 0.3) is 0 Å². The Kier molecular flexibility index (Phi) is 3.48. The predicted octanol–water partition coefficient (Wildman–Crippen LogP) is 0.174. The second-order valence-corrected chi connectivity index (χ2v) is 3.45. The van der Waals surface area contributed by atoms with Gasteiger partial charge in [0.05, 0.1) is 0 Å². The van der Waals surface area contributed by atoms with E-state index in [1.54, 1.807) is 0 Å². The van der Waals surface area contributed by atoms with Crippen molar-refractivity contribution in [3.8, 4) is 0 Å². The molecule has 1 aliphatic rings. The number of esters is 1. The Labute approximate surface area is 83.0 Å². The minimum atomic E-state index is -0.276. The summed E-state index contributed by atoms with van der Waals surface area (Å²) in [4.78, 5) is 11.2. The van der Waals surface area contributed by atoms with Crippen molar-refractivity contribution in [3.63, 3.8) is 0 Å². The van der Waals surface area contributed by atoms with Gasteiger partial charge >= 0.3 is 5.97 Å². The second kappa shape index (κ2) is 4.41. The van der Waals surface area contributed by atoms with Crippen molar-refractivity contribution in [2.75, 3.05) is 6.54 Å². The van der Waals surface area contributed by atoms with Gasteiger partial charge in [-0.2, -0.15) is 0 Å². The molecular weight excluding hydrogens is 188 g/mol. The van der Waals surface area contributed by atoms with Crippen LogP contribution in [0, 0.1) is 0 Å². The van der Waals surface area contributed by atoms with Gasteiger partial charge in [0.2, 0.25) is 0 Å². The zero-order chi connectivity index (χ0) is 9.84. The van der Waals surface area contributed by atoms with Crippen molar-refractivity contribution in [1.82, 2.24) is 10.6 Å². The second-order valence-electron chi connectivity index (χ2n) is 3.04. The van der Waals surface area contributed by atoms with Crippen LogP contribution in [0.3, 0.4) is 0 Å². The number of hydrogen-bond donors (Lipinski definition) is 2. The summed E-state index contributed by atoms with van der Waals surface area (Å²) in [7, 11) is 0. The first-order valence-corrected chi connectivity index (χ1v) is 4.79. The van der Waals surface area contributed by atoms with Crippen LogP contribution in [0.5, 0.6) is 0 Å². The Morgan fingerprint density at radius 3 is 2.92 bits per heavy atom. The summed E-state index contributed by atoms with van der Waals surface area (Å²) in [6, 6.07) is -0.276. The van der Waals surface area contributed by atoms with Crippen LogP contribution in [-0.2, 0) is 9.53 Å². The summed E-state index contributed by atoms with van der Waals surface area (Å²) in [6.45, 7) is 4.57. The summed E-state index contributed by atoms with van der Waals surface area (Å²) < 4.78 is 4.96. The van der Waals surface area contributed by atoms with E-state index in [0.29, 0.717) is 11.5 Å². The Hall–Kier alpha value is -0.840. The average molecular weight is 202 g/mol. The maximum Gasteiger partial charge on any atom is 0.329 e. The molecule has 74 valence electrons. The van der Waals surface area contributed by atoms with Gasteiger partial charge in [0.15, 0.2) is 5.11 Å². The molecule has 13 heavy (non-hydrogen) atoms. The molecule has 0 aromatic heterocycles. The Morgan fingerprint density at radius 1 is 1.77 bits per heavy atom. The largest absolute Gasteiger partial charge is 0.461 e. The normalized spacial score (nSPS) is 26.8. The maximum absolute atomic E-state index is 11.2. The van der Waals surface area contributed by atoms with Gasteiger partial charge in [-0.15, -0.1) is 0 Å². The summed E-state index contributed by atoms with van der Waals surface area (Å²) >= 11 is 4.95. The van der Waals surface area contributed by atoms with Gasteiger partial charge in [0.25, 0.3) is 0 Å². The van der Waals surface area contributed by atoms with E-state index in [0.717, 1.165) is 6.54 Å². The lowest BCUT2D eigenvalue weighted by Crippen LogP contribution is -2.43. The first-order chi connectivity index (χ1) is 6.13. The Bertz CT molecular complexity index is 220. The zero-order valence-corrected chi connectivity index (χ0v) is 8.61. The molecule has 1 fully saturated rings. The number of cyclic esters (lactones) is 1. The lowest BCUT2D eigenvalue weighted by atomic mass is 10.2. The molecule has 0 spiro atoms. The SMILES string of the molecule is CCNC(=S)N[C@@H]1C[C@H](C)OC1=O. The molecule has 0 saturated carbocycles. The van der Waals surface area contributed by atoms with E-state index in [-0.39, 0.29) is 18.1 Å². The van der Waals surface area contributed by atoms with Crippen LogP contribution in [0.4, 0.5) is 0 Å². The van der Waals surface area contributed by atoms with Crippen LogP contribution < -0.4 is 10.6 Å². The molecule has 0 radical (unpaired) electrons. The molecule has 1 rings (SSSR count). The third-order valence-corrected chi connectivity index (χ3v) is 2.07. The van der Waals surface area contributed by atoms with E-state index in [2.05, 4.69) is 10.6 Å². The van der Waals surface area contributed by atoms with Crippen LogP contribution in [0.15, 0.2) is 0 Å². The minimum absolute atomic E-state index is 0.00516. The van der Waals surface area contributed by atoms with Gasteiger partial charge in [-0.25, -0.2) is 4.79 Å². The molecule has 0 bridgehead atoms. The highest BCUT2D eigenvalue weighted by Crippen LogP contribution is 2.13. The topological polar surface area (TPSA) is 50.4 Å². The molecule has 0 amide bonds. The van der Waals surface area contributed by atoms with E-state index in [9.17, 15) is 4.79 Å². The molecule has 2 atom stereocenters. The monoisotopic (exact) mass is 202 g/mol. The van der Waals surface area contributed by atoms with Crippen LogP contribution >= 0.6 is 12.2 Å². The fourth-order valence-corrected chi connectivity index (χ4v) is 1.53. The van der Waals surface area contributed by atoms with Crippen molar-refractivity contribution in [3.05, 3.63) is 0 Å². The molecule has 2 N–H and O–H groups in total. The maximum atomic E-state index is 11.2. The number of ether oxygens (including phenoxy) is 1. The molecule has 1 saturated heterocycles. The van der Waals surface area contributed by atoms with E-state index in [1.165, 1.54) is 0 Å². The quantitative estimate of drug-likeness (QED) is 0.494. The summed E-state index contributed by atoms with van der Waals surface area (Å²) in [5.74, 6) is -0.215. The Balaban J connectivity index is 2.37. The molecular formula is C8H14N2O2S. The number of nitrogens with one attached hydrogen (secondary N) is 2. The Morgan fingerprint density at radius 2 is 2.46 bits per heavy atom. The van der Waals surface area contributed by atoms with Gasteiger partial charge in [0.1, 0.15) is 12.1 Å². The lowest BCUT2D eigenvalue weighted by Gasteiger charge is -2.11. The summed E-state index contributed by atoms with van der Waals surface area (Å²) in [5.41, 5.74) is 0. The van der Waals surface area contributed by atoms with Crippen molar-refractivity contribution in [2.24, 2.45) is 0 Å². The van der Waals surface area contributed by atoms with Gasteiger partial charge in [-0.05, 0) is 26.1 Å². The standard InChI is InChI=1S/C8H14N2O2S/c1-3-9-8(13)10-6-4-5(2)12-7(6)11/h5-6H,3-4H2,1-2H3,(H2,9,10,13)/t5-,6+/m0/s1. The summed E-state index contributed by atoms with van der Waals surface area (Å²) in [6.07, 6.45) is 0.680. The highest BCUT2D eigenvalue weighted by Gasteiger charge is 2.31. The third kappa shape index (κ3) is 2.84. The molecule has 1 heterocycles. The number of carbonyl (C=O) groups excluding carboxylic acids is 1. The van der Waals surface area contributed by atoms with Crippen LogP contribution in [0.2, 0.25) is 0 Å². The molecule has 4 nitrogen and oxygen atoms in total.